The second kappa shape index (κ2) is 2.95. The first-order valence-electron chi connectivity index (χ1n) is 2.36. The molecule has 0 aromatic rings. The van der Waals surface area contributed by atoms with E-state index in [9.17, 15) is 0 Å². The lowest BCUT2D eigenvalue weighted by molar-refractivity contribution is 0.699. The second-order valence-electron chi connectivity index (χ2n) is 1.58. The highest BCUT2D eigenvalue weighted by molar-refractivity contribution is 4.69. The molecule has 0 amide bonds. The monoisotopic (exact) mass is 83.1 g/mol. The molecule has 0 N–H and O–H groups in total. The molecule has 0 aliphatic rings. The van der Waals surface area contributed by atoms with E-state index in [1.807, 2.05) is 0 Å². The summed E-state index contributed by atoms with van der Waals surface area (Å²) in [5.41, 5.74) is 0. The third-order valence-corrected chi connectivity index (χ3v) is 0.972. The van der Waals surface area contributed by atoms with Gasteiger partial charge < -0.3 is 0 Å². The molecule has 0 aliphatic carbocycles. The van der Waals surface area contributed by atoms with E-state index in [2.05, 4.69) is 13.8 Å². The molecule has 0 aliphatic heterocycles. The highest BCUT2D eigenvalue weighted by Gasteiger charge is 1.84. The van der Waals surface area contributed by atoms with E-state index in [0.29, 0.717) is 5.92 Å². The Morgan fingerprint density at radius 2 is 2.33 bits per heavy atom. The van der Waals surface area contributed by atoms with Crippen molar-refractivity contribution in [2.45, 2.75) is 20.3 Å². The van der Waals surface area contributed by atoms with Gasteiger partial charge >= 0.3 is 0 Å². The molecule has 1 radical (unpaired) electrons. The van der Waals surface area contributed by atoms with Crippen molar-refractivity contribution < 1.29 is 0 Å². The van der Waals surface area contributed by atoms with E-state index in [1.54, 1.807) is 6.08 Å². The highest BCUT2D eigenvalue weighted by atomic mass is 13.9. The number of hydrogen-bond acceptors (Lipinski definition) is 0. The van der Waals surface area contributed by atoms with E-state index in [0.717, 1.165) is 6.42 Å². The molecule has 0 aromatic heterocycles. The van der Waals surface area contributed by atoms with Gasteiger partial charge in [0.2, 0.25) is 0 Å². The maximum absolute atomic E-state index is 5.16. The van der Waals surface area contributed by atoms with Crippen LogP contribution in [0.4, 0.5) is 0 Å². The predicted molar refractivity (Wildman–Crippen MR) is 28.3 cm³/mol. The molecule has 6 heavy (non-hydrogen) atoms. The fourth-order valence-electron chi connectivity index (χ4n) is 0.136. The van der Waals surface area contributed by atoms with E-state index in [4.69, 9.17) is 6.58 Å². The molecule has 0 bridgehead atoms. The van der Waals surface area contributed by atoms with Gasteiger partial charge in [0.05, 0.1) is 0 Å². The van der Waals surface area contributed by atoms with Crippen LogP contribution in [0, 0.1) is 12.5 Å². The van der Waals surface area contributed by atoms with Gasteiger partial charge in [0.1, 0.15) is 0 Å². The van der Waals surface area contributed by atoms with Gasteiger partial charge in [0.15, 0.2) is 0 Å². The molecule has 0 saturated carbocycles. The van der Waals surface area contributed by atoms with E-state index < -0.39 is 0 Å². The van der Waals surface area contributed by atoms with Gasteiger partial charge in [0, 0.05) is 0 Å². The molecule has 0 heteroatoms. The van der Waals surface area contributed by atoms with Crippen LogP contribution in [-0.4, -0.2) is 0 Å². The first-order chi connectivity index (χ1) is 2.81. The van der Waals surface area contributed by atoms with Crippen LogP contribution in [0.1, 0.15) is 20.3 Å². The Morgan fingerprint density at radius 3 is 2.33 bits per heavy atom. The molecule has 0 fully saturated rings. The topological polar surface area (TPSA) is 0 Å². The summed E-state index contributed by atoms with van der Waals surface area (Å²) in [4.78, 5) is 0. The molecule has 0 nitrogen and oxygen atoms in total. The SMILES string of the molecule is [CH]=CC(C)CC. The lowest BCUT2D eigenvalue weighted by Gasteiger charge is -1.93. The lowest BCUT2D eigenvalue weighted by atomic mass is 10.1. The van der Waals surface area contributed by atoms with Crippen molar-refractivity contribution in [1.29, 1.82) is 0 Å². The zero-order valence-corrected chi connectivity index (χ0v) is 4.44. The predicted octanol–water partition coefficient (Wildman–Crippen LogP) is 2.02. The van der Waals surface area contributed by atoms with Gasteiger partial charge in [-0.3, -0.25) is 0 Å². The molecule has 35 valence electrons. The zero-order chi connectivity index (χ0) is 4.99. The van der Waals surface area contributed by atoms with Crippen molar-refractivity contribution in [3.8, 4) is 0 Å². The van der Waals surface area contributed by atoms with Crippen LogP contribution in [-0.2, 0) is 0 Å². The fraction of sp³-hybridized carbons (Fsp3) is 0.667. The number of hydrogen-bond donors (Lipinski definition) is 0. The smallest absolute Gasteiger partial charge is 0.0261 e. The van der Waals surface area contributed by atoms with Crippen molar-refractivity contribution >= 4 is 0 Å². The quantitative estimate of drug-likeness (QED) is 0.479. The van der Waals surface area contributed by atoms with Gasteiger partial charge in [-0.05, 0) is 5.92 Å². The molecular weight excluding hydrogens is 72.1 g/mol. The number of rotatable bonds is 2. The van der Waals surface area contributed by atoms with Gasteiger partial charge in [-0.2, -0.15) is 0 Å². The summed E-state index contributed by atoms with van der Waals surface area (Å²) in [6.07, 6.45) is 2.87. The Bertz CT molecular complexity index is 37.3. The van der Waals surface area contributed by atoms with E-state index in [-0.39, 0.29) is 0 Å². The number of allylic oxidation sites excluding steroid dienone is 1. The largest absolute Gasteiger partial charge is 0.0817 e. The maximum Gasteiger partial charge on any atom is -0.0261 e. The van der Waals surface area contributed by atoms with Gasteiger partial charge in [-0.15, -0.1) is 0 Å². The van der Waals surface area contributed by atoms with Crippen LogP contribution >= 0.6 is 0 Å². The average Bonchev–Trinajstić information content (AvgIpc) is 1.65. The Morgan fingerprint density at radius 1 is 1.83 bits per heavy atom. The third-order valence-electron chi connectivity index (χ3n) is 0.972. The minimum absolute atomic E-state index is 0.588. The van der Waals surface area contributed by atoms with Crippen LogP contribution in [0.3, 0.4) is 0 Å². The summed E-state index contributed by atoms with van der Waals surface area (Å²) in [7, 11) is 0. The molecule has 1 atom stereocenters. The summed E-state index contributed by atoms with van der Waals surface area (Å²) in [5, 5.41) is 0. The van der Waals surface area contributed by atoms with Gasteiger partial charge in [-0.1, -0.05) is 32.9 Å². The first-order valence-corrected chi connectivity index (χ1v) is 2.36. The molecular formula is C6H11. The fourth-order valence-corrected chi connectivity index (χ4v) is 0.136. The van der Waals surface area contributed by atoms with Crippen molar-refractivity contribution in [1.82, 2.24) is 0 Å². The summed E-state index contributed by atoms with van der Waals surface area (Å²) in [5.74, 6) is 0.588. The van der Waals surface area contributed by atoms with Crippen LogP contribution in [0.2, 0.25) is 0 Å². The van der Waals surface area contributed by atoms with Crippen molar-refractivity contribution in [2.24, 2.45) is 5.92 Å². The summed E-state index contributed by atoms with van der Waals surface area (Å²) < 4.78 is 0. The molecule has 0 aromatic carbocycles. The maximum atomic E-state index is 5.16. The summed E-state index contributed by atoms with van der Waals surface area (Å²) >= 11 is 0. The Hall–Kier alpha value is -0.260. The van der Waals surface area contributed by atoms with Crippen LogP contribution in [0.5, 0.6) is 0 Å². The first kappa shape index (κ1) is 5.74. The normalized spacial score (nSPS) is 13.7. The van der Waals surface area contributed by atoms with Crippen molar-refractivity contribution in [3.05, 3.63) is 12.7 Å². The molecule has 0 spiro atoms. The van der Waals surface area contributed by atoms with Crippen LogP contribution in [0.25, 0.3) is 0 Å². The van der Waals surface area contributed by atoms with Crippen LogP contribution in [0.15, 0.2) is 6.08 Å². The highest BCUT2D eigenvalue weighted by Crippen LogP contribution is 1.97. The minimum Gasteiger partial charge on any atom is -0.0817 e. The van der Waals surface area contributed by atoms with Gasteiger partial charge in [0.25, 0.3) is 0 Å². The third kappa shape index (κ3) is 2.01. The van der Waals surface area contributed by atoms with Crippen molar-refractivity contribution in [3.63, 3.8) is 0 Å². The molecule has 0 heterocycles. The second-order valence-corrected chi connectivity index (χ2v) is 1.58. The zero-order valence-electron chi connectivity index (χ0n) is 4.44. The van der Waals surface area contributed by atoms with E-state index >= 15 is 0 Å². The summed E-state index contributed by atoms with van der Waals surface area (Å²) in [6.45, 7) is 9.37. The Labute approximate surface area is 39.9 Å². The summed E-state index contributed by atoms with van der Waals surface area (Å²) in [6, 6.07) is 0. The average molecular weight is 83.2 g/mol. The Kier molecular flexibility index (Phi) is 2.82. The molecule has 0 saturated heterocycles. The van der Waals surface area contributed by atoms with Crippen molar-refractivity contribution in [2.75, 3.05) is 0 Å². The lowest BCUT2D eigenvalue weighted by Crippen LogP contribution is -1.80. The van der Waals surface area contributed by atoms with Crippen LogP contribution < -0.4 is 0 Å². The van der Waals surface area contributed by atoms with E-state index in [1.165, 1.54) is 0 Å². The van der Waals surface area contributed by atoms with Gasteiger partial charge in [-0.25, -0.2) is 0 Å². The molecule has 1 unspecified atom stereocenters. The standard InChI is InChI=1S/C6H11/c1-4-6(3)5-2/h1,4,6H,5H2,2-3H3. The minimum atomic E-state index is 0.588. The molecule has 0 rings (SSSR count). The Balaban J connectivity index is 2.96.